The van der Waals surface area contributed by atoms with Crippen LogP contribution in [0.1, 0.15) is 5.56 Å². The molecule has 0 unspecified atom stereocenters. The van der Waals surface area contributed by atoms with E-state index in [1.54, 1.807) is 18.3 Å². The summed E-state index contributed by atoms with van der Waals surface area (Å²) in [5, 5.41) is 0.391. The van der Waals surface area contributed by atoms with Gasteiger partial charge in [0.25, 0.3) is 0 Å². The Bertz CT molecular complexity index is 548. The van der Waals surface area contributed by atoms with E-state index in [0.29, 0.717) is 10.8 Å². The average Bonchev–Trinajstić information content (AvgIpc) is 2.22. The molecule has 4 heteroatoms. The normalized spacial score (nSPS) is 10.3. The minimum atomic E-state index is -0.148. The molecule has 2 heterocycles. The maximum atomic E-state index is 11.1. The van der Waals surface area contributed by atoms with Gasteiger partial charge in [-0.3, -0.25) is 4.79 Å². The van der Waals surface area contributed by atoms with Crippen LogP contribution in [0, 0.1) is 6.92 Å². The van der Waals surface area contributed by atoms with Gasteiger partial charge in [-0.15, -0.1) is 0 Å². The molecule has 0 spiro atoms. The van der Waals surface area contributed by atoms with E-state index in [9.17, 15) is 4.79 Å². The molecule has 0 aliphatic carbocycles. The van der Waals surface area contributed by atoms with Crippen molar-refractivity contribution >= 4 is 11.6 Å². The van der Waals surface area contributed by atoms with E-state index in [-0.39, 0.29) is 5.56 Å². The molecule has 0 atom stereocenters. The number of nitrogens with one attached hydrogen (secondary N) is 1. The smallest absolute Gasteiger partial charge is 0.248 e. The first-order chi connectivity index (χ1) is 7.16. The van der Waals surface area contributed by atoms with E-state index in [0.717, 1.165) is 11.1 Å². The highest BCUT2D eigenvalue weighted by Crippen LogP contribution is 2.23. The number of aromatic nitrogens is 2. The lowest BCUT2D eigenvalue weighted by Gasteiger charge is -2.03. The number of nitrogens with zero attached hydrogens (tertiary/aromatic N) is 1. The Hall–Kier alpha value is -1.61. The highest BCUT2D eigenvalue weighted by atomic mass is 35.5. The first-order valence-electron chi connectivity index (χ1n) is 4.48. The fraction of sp³-hybridized carbons (Fsp3) is 0.0909. The van der Waals surface area contributed by atoms with Crippen LogP contribution in [0.3, 0.4) is 0 Å². The van der Waals surface area contributed by atoms with E-state index in [4.69, 9.17) is 11.6 Å². The van der Waals surface area contributed by atoms with Crippen LogP contribution in [-0.2, 0) is 0 Å². The van der Waals surface area contributed by atoms with Crippen molar-refractivity contribution in [1.82, 2.24) is 9.97 Å². The zero-order valence-electron chi connectivity index (χ0n) is 8.12. The molecular formula is C11H9ClN2O. The molecule has 3 nitrogen and oxygen atoms in total. The molecule has 0 aromatic carbocycles. The summed E-state index contributed by atoms with van der Waals surface area (Å²) in [4.78, 5) is 17.9. The van der Waals surface area contributed by atoms with Gasteiger partial charge in [-0.1, -0.05) is 17.7 Å². The third-order valence-electron chi connectivity index (χ3n) is 2.03. The largest absolute Gasteiger partial charge is 0.322 e. The van der Waals surface area contributed by atoms with E-state index in [2.05, 4.69) is 9.97 Å². The summed E-state index contributed by atoms with van der Waals surface area (Å²) in [6.07, 6.45) is 1.69. The SMILES string of the molecule is Cc1cnc(Cl)c(-c2cccc(=O)[nH]2)c1. The van der Waals surface area contributed by atoms with Crippen LogP contribution < -0.4 is 5.56 Å². The second-order valence-corrected chi connectivity index (χ2v) is 3.64. The Balaban J connectivity index is 2.63. The third kappa shape index (κ3) is 2.07. The Morgan fingerprint density at radius 2 is 2.20 bits per heavy atom. The Morgan fingerprint density at radius 3 is 2.93 bits per heavy atom. The van der Waals surface area contributed by atoms with Gasteiger partial charge in [0.15, 0.2) is 0 Å². The molecule has 2 aromatic rings. The summed E-state index contributed by atoms with van der Waals surface area (Å²) in [5.74, 6) is 0. The number of rotatable bonds is 1. The number of halogens is 1. The Morgan fingerprint density at radius 1 is 1.40 bits per heavy atom. The number of aromatic amines is 1. The first kappa shape index (κ1) is 9.93. The van der Waals surface area contributed by atoms with Crippen molar-refractivity contribution in [3.63, 3.8) is 0 Å². The van der Waals surface area contributed by atoms with E-state index in [1.165, 1.54) is 6.07 Å². The second kappa shape index (κ2) is 3.87. The Labute approximate surface area is 91.8 Å². The standard InChI is InChI=1S/C11H9ClN2O/c1-7-5-8(11(12)13-6-7)9-3-2-4-10(15)14-9/h2-6H,1H3,(H,14,15). The monoisotopic (exact) mass is 220 g/mol. The number of aryl methyl sites for hydroxylation is 1. The minimum Gasteiger partial charge on any atom is -0.322 e. The zero-order chi connectivity index (χ0) is 10.8. The van der Waals surface area contributed by atoms with Crippen LogP contribution in [0.4, 0.5) is 0 Å². The molecule has 0 amide bonds. The summed E-state index contributed by atoms with van der Waals surface area (Å²) in [7, 11) is 0. The van der Waals surface area contributed by atoms with Crippen LogP contribution in [0.2, 0.25) is 5.15 Å². The summed E-state index contributed by atoms with van der Waals surface area (Å²) >= 11 is 5.95. The quantitative estimate of drug-likeness (QED) is 0.751. The number of pyridine rings is 2. The highest BCUT2D eigenvalue weighted by molar-refractivity contribution is 6.32. The average molecular weight is 221 g/mol. The fourth-order valence-electron chi connectivity index (χ4n) is 1.35. The molecule has 15 heavy (non-hydrogen) atoms. The van der Waals surface area contributed by atoms with Crippen molar-refractivity contribution in [1.29, 1.82) is 0 Å². The van der Waals surface area contributed by atoms with Gasteiger partial charge < -0.3 is 4.98 Å². The molecule has 2 aromatic heterocycles. The van der Waals surface area contributed by atoms with Gasteiger partial charge in [0.05, 0.1) is 5.69 Å². The lowest BCUT2D eigenvalue weighted by atomic mass is 10.1. The van der Waals surface area contributed by atoms with E-state index < -0.39 is 0 Å². The van der Waals surface area contributed by atoms with Gasteiger partial charge in [-0.05, 0) is 24.6 Å². The molecular weight excluding hydrogens is 212 g/mol. The van der Waals surface area contributed by atoms with Crippen LogP contribution in [0.5, 0.6) is 0 Å². The van der Waals surface area contributed by atoms with Gasteiger partial charge in [0, 0.05) is 17.8 Å². The van der Waals surface area contributed by atoms with E-state index in [1.807, 2.05) is 13.0 Å². The maximum absolute atomic E-state index is 11.1. The molecule has 0 saturated heterocycles. The molecule has 76 valence electrons. The zero-order valence-corrected chi connectivity index (χ0v) is 8.88. The maximum Gasteiger partial charge on any atom is 0.248 e. The van der Waals surface area contributed by atoms with Crippen LogP contribution in [-0.4, -0.2) is 9.97 Å². The predicted molar refractivity (Wildman–Crippen MR) is 60.0 cm³/mol. The van der Waals surface area contributed by atoms with Crippen molar-refractivity contribution in [2.24, 2.45) is 0 Å². The van der Waals surface area contributed by atoms with Crippen LogP contribution >= 0.6 is 11.6 Å². The van der Waals surface area contributed by atoms with Gasteiger partial charge in [0.2, 0.25) is 5.56 Å². The van der Waals surface area contributed by atoms with Gasteiger partial charge >= 0.3 is 0 Å². The van der Waals surface area contributed by atoms with E-state index >= 15 is 0 Å². The van der Waals surface area contributed by atoms with Crippen molar-refractivity contribution in [2.45, 2.75) is 6.92 Å². The first-order valence-corrected chi connectivity index (χ1v) is 4.86. The molecule has 0 saturated carbocycles. The van der Waals surface area contributed by atoms with Crippen molar-refractivity contribution in [3.8, 4) is 11.3 Å². The second-order valence-electron chi connectivity index (χ2n) is 3.28. The third-order valence-corrected chi connectivity index (χ3v) is 2.34. The van der Waals surface area contributed by atoms with Gasteiger partial charge in [-0.2, -0.15) is 0 Å². The number of H-pyrrole nitrogens is 1. The van der Waals surface area contributed by atoms with Crippen molar-refractivity contribution in [2.75, 3.05) is 0 Å². The van der Waals surface area contributed by atoms with Gasteiger partial charge in [-0.25, -0.2) is 4.98 Å². The molecule has 0 fully saturated rings. The Kier molecular flexibility index (Phi) is 2.56. The molecule has 0 aliphatic heterocycles. The fourth-order valence-corrected chi connectivity index (χ4v) is 1.55. The van der Waals surface area contributed by atoms with Gasteiger partial charge in [0.1, 0.15) is 5.15 Å². The summed E-state index contributed by atoms with van der Waals surface area (Å²) in [5.41, 5.74) is 2.28. The minimum absolute atomic E-state index is 0.148. The highest BCUT2D eigenvalue weighted by Gasteiger charge is 2.05. The van der Waals surface area contributed by atoms with Crippen LogP contribution in [0.25, 0.3) is 11.3 Å². The molecule has 0 bridgehead atoms. The topological polar surface area (TPSA) is 45.8 Å². The molecule has 0 radical (unpaired) electrons. The molecule has 1 N–H and O–H groups in total. The number of hydrogen-bond acceptors (Lipinski definition) is 2. The van der Waals surface area contributed by atoms with Crippen molar-refractivity contribution < 1.29 is 0 Å². The molecule has 2 rings (SSSR count). The summed E-state index contributed by atoms with van der Waals surface area (Å²) < 4.78 is 0. The van der Waals surface area contributed by atoms with Crippen molar-refractivity contribution in [3.05, 3.63) is 51.5 Å². The van der Waals surface area contributed by atoms with Crippen LogP contribution in [0.15, 0.2) is 35.3 Å². The lowest BCUT2D eigenvalue weighted by Crippen LogP contribution is -2.04. The number of hydrogen-bond donors (Lipinski definition) is 1. The predicted octanol–water partition coefficient (Wildman–Crippen LogP) is 2.40. The lowest BCUT2D eigenvalue weighted by molar-refractivity contribution is 1.21. The summed E-state index contributed by atoms with van der Waals surface area (Å²) in [6, 6.07) is 6.83. The molecule has 0 aliphatic rings. The summed E-state index contributed by atoms with van der Waals surface area (Å²) in [6.45, 7) is 1.92.